The number of halogens is 3. The molecule has 9 heteroatoms. The van der Waals surface area contributed by atoms with Crippen LogP contribution in [0.4, 0.5) is 18.9 Å². The van der Waals surface area contributed by atoms with Crippen molar-refractivity contribution in [1.29, 1.82) is 0 Å². The number of piperidine rings is 1. The van der Waals surface area contributed by atoms with E-state index in [4.69, 9.17) is 0 Å². The van der Waals surface area contributed by atoms with Gasteiger partial charge in [0.15, 0.2) is 0 Å². The molecule has 0 spiro atoms. The molecular weight excluding hydrogens is 457 g/mol. The maximum Gasteiger partial charge on any atom is 0.433 e. The molecule has 188 valence electrons. The van der Waals surface area contributed by atoms with Gasteiger partial charge in [0, 0.05) is 30.4 Å². The maximum absolute atomic E-state index is 12.7. The average Bonchev–Trinajstić information content (AvgIpc) is 2.85. The van der Waals surface area contributed by atoms with E-state index in [1.807, 2.05) is 18.2 Å². The first-order chi connectivity index (χ1) is 16.8. The minimum Gasteiger partial charge on any atom is -0.353 e. The monoisotopic (exact) mass is 488 g/mol. The minimum atomic E-state index is -4.54. The largest absolute Gasteiger partial charge is 0.433 e. The van der Waals surface area contributed by atoms with Gasteiger partial charge in [0.25, 0.3) is 5.91 Å². The average molecular weight is 489 g/mol. The van der Waals surface area contributed by atoms with E-state index in [1.54, 1.807) is 6.07 Å². The molecule has 0 bridgehead atoms. The predicted molar refractivity (Wildman–Crippen MR) is 127 cm³/mol. The Bertz CT molecular complexity index is 1010. The summed E-state index contributed by atoms with van der Waals surface area (Å²) in [6.45, 7) is 2.36. The zero-order valence-electron chi connectivity index (χ0n) is 19.6. The Kier molecular flexibility index (Phi) is 8.05. The molecule has 1 aliphatic carbocycles. The minimum absolute atomic E-state index is 0.0528. The zero-order chi connectivity index (χ0) is 24.8. The van der Waals surface area contributed by atoms with Crippen molar-refractivity contribution in [3.63, 3.8) is 0 Å². The number of benzene rings is 1. The van der Waals surface area contributed by atoms with E-state index in [2.05, 4.69) is 20.5 Å². The number of pyridine rings is 1. The maximum atomic E-state index is 12.7. The van der Waals surface area contributed by atoms with Crippen molar-refractivity contribution < 1.29 is 22.8 Å². The van der Waals surface area contributed by atoms with E-state index < -0.39 is 17.8 Å². The Morgan fingerprint density at radius 1 is 1.00 bits per heavy atom. The van der Waals surface area contributed by atoms with Crippen LogP contribution in [-0.2, 0) is 17.5 Å². The van der Waals surface area contributed by atoms with Crippen LogP contribution in [0, 0.1) is 5.92 Å². The molecule has 1 saturated heterocycles. The second-order valence-corrected chi connectivity index (χ2v) is 9.48. The van der Waals surface area contributed by atoms with E-state index in [0.29, 0.717) is 18.3 Å². The van der Waals surface area contributed by atoms with E-state index in [0.717, 1.165) is 62.7 Å². The molecular formula is C26H31F3N4O2. The van der Waals surface area contributed by atoms with Crippen LogP contribution < -0.4 is 10.6 Å². The molecule has 0 unspecified atom stereocenters. The lowest BCUT2D eigenvalue weighted by molar-refractivity contribution is -0.141. The summed E-state index contributed by atoms with van der Waals surface area (Å²) < 4.78 is 38.0. The van der Waals surface area contributed by atoms with Crippen LogP contribution in [0.15, 0.2) is 42.6 Å². The summed E-state index contributed by atoms with van der Waals surface area (Å²) in [6, 6.07) is 9.65. The number of hydrogen-bond acceptors (Lipinski definition) is 4. The quantitative estimate of drug-likeness (QED) is 0.599. The first-order valence-electron chi connectivity index (χ1n) is 12.2. The Hall–Kier alpha value is -2.94. The van der Waals surface area contributed by atoms with Crippen molar-refractivity contribution in [3.05, 3.63) is 59.4 Å². The number of aromatic nitrogens is 1. The summed E-state index contributed by atoms with van der Waals surface area (Å²) in [5, 5.41) is 5.97. The van der Waals surface area contributed by atoms with Gasteiger partial charge in [-0.25, -0.2) is 0 Å². The van der Waals surface area contributed by atoms with Crippen molar-refractivity contribution >= 4 is 17.5 Å². The first-order valence-corrected chi connectivity index (χ1v) is 12.2. The highest BCUT2D eigenvalue weighted by molar-refractivity contribution is 6.04. The van der Waals surface area contributed by atoms with Crippen molar-refractivity contribution in [1.82, 2.24) is 15.2 Å². The molecule has 4 rings (SSSR count). The van der Waals surface area contributed by atoms with Crippen molar-refractivity contribution in [2.45, 2.75) is 63.7 Å². The molecule has 2 N–H and O–H groups in total. The Morgan fingerprint density at radius 2 is 1.74 bits per heavy atom. The molecule has 6 nitrogen and oxygen atoms in total. The Labute approximate surface area is 203 Å². The number of nitrogens with one attached hydrogen (secondary N) is 2. The van der Waals surface area contributed by atoms with E-state index in [9.17, 15) is 22.8 Å². The molecule has 2 fully saturated rings. The van der Waals surface area contributed by atoms with Gasteiger partial charge in [-0.05, 0) is 68.6 Å². The van der Waals surface area contributed by atoms with Crippen LogP contribution in [0.25, 0.3) is 0 Å². The summed E-state index contributed by atoms with van der Waals surface area (Å²) in [7, 11) is 0. The van der Waals surface area contributed by atoms with Gasteiger partial charge in [-0.15, -0.1) is 0 Å². The summed E-state index contributed by atoms with van der Waals surface area (Å²) in [4.78, 5) is 30.7. The van der Waals surface area contributed by atoms with Crippen molar-refractivity contribution in [3.8, 4) is 0 Å². The molecule has 1 aliphatic heterocycles. The van der Waals surface area contributed by atoms with Crippen molar-refractivity contribution in [2.24, 2.45) is 5.92 Å². The van der Waals surface area contributed by atoms with E-state index >= 15 is 0 Å². The van der Waals surface area contributed by atoms with Gasteiger partial charge < -0.3 is 10.6 Å². The number of likely N-dealkylation sites (tertiary alicyclic amines) is 1. The van der Waals surface area contributed by atoms with E-state index in [-0.39, 0.29) is 17.4 Å². The van der Waals surface area contributed by atoms with Gasteiger partial charge in [-0.2, -0.15) is 13.2 Å². The molecule has 2 aromatic rings. The van der Waals surface area contributed by atoms with Crippen LogP contribution in [0.2, 0.25) is 0 Å². The molecule has 1 saturated carbocycles. The SMILES string of the molecule is O=C(Nc1cccc(CN2CCC(C(=O)NC3CCCCC3)CC2)c1)c1ccc(C(F)(F)F)nc1. The highest BCUT2D eigenvalue weighted by Gasteiger charge is 2.32. The highest BCUT2D eigenvalue weighted by Crippen LogP contribution is 2.27. The normalized spacial score (nSPS) is 18.3. The third kappa shape index (κ3) is 7.04. The van der Waals surface area contributed by atoms with Crippen LogP contribution in [0.5, 0.6) is 0 Å². The summed E-state index contributed by atoms with van der Waals surface area (Å²) >= 11 is 0. The van der Waals surface area contributed by atoms with Gasteiger partial charge in [-0.1, -0.05) is 31.4 Å². The Balaban J connectivity index is 1.26. The van der Waals surface area contributed by atoms with Gasteiger partial charge in [-0.3, -0.25) is 19.5 Å². The molecule has 2 aliphatic rings. The van der Waals surface area contributed by atoms with Gasteiger partial charge >= 0.3 is 6.18 Å². The second kappa shape index (κ2) is 11.2. The predicted octanol–water partition coefficient (Wildman–Crippen LogP) is 5.01. The fourth-order valence-electron chi connectivity index (χ4n) is 4.82. The molecule has 1 aromatic carbocycles. The molecule has 2 heterocycles. The summed E-state index contributed by atoms with van der Waals surface area (Å²) in [6.07, 6.45) is 3.88. The van der Waals surface area contributed by atoms with Gasteiger partial charge in [0.05, 0.1) is 5.56 Å². The topological polar surface area (TPSA) is 74.3 Å². The first kappa shape index (κ1) is 25.2. The number of anilines is 1. The van der Waals surface area contributed by atoms with Gasteiger partial charge in [0.2, 0.25) is 5.91 Å². The fourth-order valence-corrected chi connectivity index (χ4v) is 4.82. The number of carbonyl (C=O) groups is 2. The second-order valence-electron chi connectivity index (χ2n) is 9.48. The summed E-state index contributed by atoms with van der Waals surface area (Å²) in [5.41, 5.74) is 0.593. The lowest BCUT2D eigenvalue weighted by atomic mass is 9.92. The Morgan fingerprint density at radius 3 is 2.40 bits per heavy atom. The van der Waals surface area contributed by atoms with Crippen LogP contribution in [0.1, 0.15) is 66.6 Å². The van der Waals surface area contributed by atoms with E-state index in [1.165, 1.54) is 19.3 Å². The number of rotatable bonds is 6. The summed E-state index contributed by atoms with van der Waals surface area (Å²) in [5.74, 6) is -0.261. The molecule has 35 heavy (non-hydrogen) atoms. The smallest absolute Gasteiger partial charge is 0.353 e. The molecule has 1 aromatic heterocycles. The third-order valence-electron chi connectivity index (χ3n) is 6.82. The van der Waals surface area contributed by atoms with Crippen molar-refractivity contribution in [2.75, 3.05) is 18.4 Å². The number of carbonyl (C=O) groups excluding carboxylic acids is 2. The van der Waals surface area contributed by atoms with Crippen LogP contribution >= 0.6 is 0 Å². The zero-order valence-corrected chi connectivity index (χ0v) is 19.6. The number of amides is 2. The van der Waals surface area contributed by atoms with Gasteiger partial charge in [0.1, 0.15) is 5.69 Å². The third-order valence-corrected chi connectivity index (χ3v) is 6.82. The van der Waals surface area contributed by atoms with Crippen LogP contribution in [-0.4, -0.2) is 40.8 Å². The highest BCUT2D eigenvalue weighted by atomic mass is 19.4. The molecule has 0 atom stereocenters. The lowest BCUT2D eigenvalue weighted by Gasteiger charge is -2.32. The standard InChI is InChI=1S/C26H31F3N4O2/c27-26(28,29)23-10-9-20(16-30-23)25(35)32-22-8-4-5-18(15-22)17-33-13-11-19(12-14-33)24(34)31-21-6-2-1-3-7-21/h4-5,8-10,15-16,19,21H,1-3,6-7,11-14,17H2,(H,31,34)(H,32,35). The fraction of sp³-hybridized carbons (Fsp3) is 0.500. The number of hydrogen-bond donors (Lipinski definition) is 2. The number of nitrogens with zero attached hydrogens (tertiary/aromatic N) is 2. The lowest BCUT2D eigenvalue weighted by Crippen LogP contribution is -2.44. The molecule has 0 radical (unpaired) electrons. The number of alkyl halides is 3. The molecule has 2 amide bonds. The van der Waals surface area contributed by atoms with Crippen LogP contribution in [0.3, 0.4) is 0 Å².